The van der Waals surface area contributed by atoms with Gasteiger partial charge >= 0.3 is 0 Å². The Hall–Kier alpha value is -2.67. The Labute approximate surface area is 153 Å². The second-order valence-corrected chi connectivity index (χ2v) is 7.84. The number of hydrogen-bond acceptors (Lipinski definition) is 4. The van der Waals surface area contributed by atoms with Gasteiger partial charge in [0.15, 0.2) is 0 Å². The zero-order valence-corrected chi connectivity index (χ0v) is 15.5. The van der Waals surface area contributed by atoms with E-state index in [-0.39, 0.29) is 16.6 Å². The molecule has 136 valence electrons. The molecule has 0 saturated carbocycles. The lowest BCUT2D eigenvalue weighted by molar-refractivity contribution is -0.117. The first-order chi connectivity index (χ1) is 12.4. The van der Waals surface area contributed by atoms with E-state index in [1.54, 1.807) is 25.1 Å². The molecule has 1 atom stereocenters. The number of sulfonamides is 1. The van der Waals surface area contributed by atoms with Gasteiger partial charge < -0.3 is 5.32 Å². The van der Waals surface area contributed by atoms with Crippen molar-refractivity contribution >= 4 is 27.5 Å². The maximum Gasteiger partial charge on any atom is 0.263 e. The van der Waals surface area contributed by atoms with Gasteiger partial charge in [-0.05, 0) is 43.2 Å². The van der Waals surface area contributed by atoms with Crippen LogP contribution in [0.1, 0.15) is 31.4 Å². The highest BCUT2D eigenvalue weighted by atomic mass is 32.2. The van der Waals surface area contributed by atoms with Crippen molar-refractivity contribution in [1.82, 2.24) is 4.72 Å². The zero-order chi connectivity index (χ0) is 18.7. The van der Waals surface area contributed by atoms with Gasteiger partial charge in [-0.3, -0.25) is 14.5 Å². The fourth-order valence-electron chi connectivity index (χ4n) is 2.77. The first-order valence-electron chi connectivity index (χ1n) is 8.50. The number of amidine groups is 1. The monoisotopic (exact) mass is 371 g/mol. The summed E-state index contributed by atoms with van der Waals surface area (Å²) in [6.45, 7) is 3.75. The Balaban J connectivity index is 1.74. The fourth-order valence-corrected chi connectivity index (χ4v) is 4.01. The van der Waals surface area contributed by atoms with Gasteiger partial charge in [0.2, 0.25) is 5.91 Å². The van der Waals surface area contributed by atoms with Gasteiger partial charge in [0.1, 0.15) is 11.9 Å². The van der Waals surface area contributed by atoms with Crippen molar-refractivity contribution in [3.63, 3.8) is 0 Å². The molecule has 0 spiro atoms. The van der Waals surface area contributed by atoms with E-state index in [1.165, 1.54) is 11.6 Å². The number of aliphatic imine (C=N–C) groups is 1. The van der Waals surface area contributed by atoms with Crippen LogP contribution in [0.15, 0.2) is 58.4 Å². The number of hydrogen-bond donors (Lipinski definition) is 2. The summed E-state index contributed by atoms with van der Waals surface area (Å²) in [6, 6.07) is 13.5. The van der Waals surface area contributed by atoms with Crippen molar-refractivity contribution in [1.29, 1.82) is 0 Å². The third kappa shape index (κ3) is 3.77. The molecule has 7 heteroatoms. The van der Waals surface area contributed by atoms with Crippen LogP contribution in [-0.2, 0) is 21.2 Å². The van der Waals surface area contributed by atoms with Crippen LogP contribution >= 0.6 is 0 Å². The Kier molecular flexibility index (Phi) is 5.08. The maximum atomic E-state index is 12.4. The molecule has 1 amide bonds. The molecule has 2 N–H and O–H groups in total. The SMILES string of the molecule is CCCc1ccc(NC(=O)[C@H](C)N=C2NS(=O)(=O)c3ccccc32)cc1. The summed E-state index contributed by atoms with van der Waals surface area (Å²) in [5.41, 5.74) is 2.39. The number of carbonyl (C=O) groups is 1. The lowest BCUT2D eigenvalue weighted by Crippen LogP contribution is -2.28. The van der Waals surface area contributed by atoms with Crippen molar-refractivity contribution in [3.8, 4) is 0 Å². The lowest BCUT2D eigenvalue weighted by atomic mass is 10.1. The number of benzene rings is 2. The molecule has 3 rings (SSSR count). The Morgan fingerprint density at radius 1 is 1.15 bits per heavy atom. The number of carbonyl (C=O) groups excluding carboxylic acids is 1. The van der Waals surface area contributed by atoms with Crippen LogP contribution in [0.25, 0.3) is 0 Å². The zero-order valence-electron chi connectivity index (χ0n) is 14.7. The van der Waals surface area contributed by atoms with E-state index in [2.05, 4.69) is 22.0 Å². The summed E-state index contributed by atoms with van der Waals surface area (Å²) in [7, 11) is -3.61. The Bertz CT molecular complexity index is 950. The number of anilines is 1. The van der Waals surface area contributed by atoms with Gasteiger partial charge in [0.25, 0.3) is 10.0 Å². The molecule has 2 aromatic rings. The predicted octanol–water partition coefficient (Wildman–Crippen LogP) is 2.70. The summed E-state index contributed by atoms with van der Waals surface area (Å²) in [5.74, 6) is -0.106. The van der Waals surface area contributed by atoms with E-state index in [4.69, 9.17) is 0 Å². The summed E-state index contributed by atoms with van der Waals surface area (Å²) >= 11 is 0. The predicted molar refractivity (Wildman–Crippen MR) is 102 cm³/mol. The number of amides is 1. The molecule has 1 heterocycles. The molecule has 0 unspecified atom stereocenters. The third-order valence-corrected chi connectivity index (χ3v) is 5.52. The van der Waals surface area contributed by atoms with E-state index >= 15 is 0 Å². The van der Waals surface area contributed by atoms with Gasteiger partial charge in [-0.25, -0.2) is 8.42 Å². The van der Waals surface area contributed by atoms with Crippen molar-refractivity contribution in [2.45, 2.75) is 37.6 Å². The highest BCUT2D eigenvalue weighted by Crippen LogP contribution is 2.22. The largest absolute Gasteiger partial charge is 0.324 e. The summed E-state index contributed by atoms with van der Waals surface area (Å²) in [6.07, 6.45) is 2.06. The standard InChI is InChI=1S/C19H21N3O3S/c1-3-6-14-9-11-15(12-10-14)21-19(23)13(2)20-18-16-7-4-5-8-17(16)26(24,25)22-18/h4-5,7-13H,3,6H2,1-2H3,(H,20,22)(H,21,23)/t13-/m0/s1. The molecule has 0 aliphatic carbocycles. The number of rotatable bonds is 5. The minimum Gasteiger partial charge on any atom is -0.324 e. The second kappa shape index (κ2) is 7.29. The summed E-state index contributed by atoms with van der Waals surface area (Å²) in [4.78, 5) is 16.8. The summed E-state index contributed by atoms with van der Waals surface area (Å²) < 4.78 is 26.6. The van der Waals surface area contributed by atoms with Crippen molar-refractivity contribution in [2.75, 3.05) is 5.32 Å². The second-order valence-electron chi connectivity index (χ2n) is 6.19. The van der Waals surface area contributed by atoms with Crippen molar-refractivity contribution in [3.05, 3.63) is 59.7 Å². The van der Waals surface area contributed by atoms with E-state index in [0.717, 1.165) is 12.8 Å². The number of fused-ring (bicyclic) bond motifs is 1. The van der Waals surface area contributed by atoms with Crippen LogP contribution in [0, 0.1) is 0 Å². The van der Waals surface area contributed by atoms with Gasteiger partial charge in [-0.2, -0.15) is 0 Å². The molecular weight excluding hydrogens is 350 g/mol. The quantitative estimate of drug-likeness (QED) is 0.847. The molecule has 26 heavy (non-hydrogen) atoms. The van der Waals surface area contributed by atoms with Crippen LogP contribution in [-0.4, -0.2) is 26.2 Å². The van der Waals surface area contributed by atoms with Crippen molar-refractivity contribution < 1.29 is 13.2 Å². The molecule has 2 aromatic carbocycles. The average Bonchev–Trinajstić information content (AvgIpc) is 2.88. The van der Waals surface area contributed by atoms with E-state index in [1.807, 2.05) is 24.3 Å². The Morgan fingerprint density at radius 3 is 2.54 bits per heavy atom. The van der Waals surface area contributed by atoms with Crippen LogP contribution in [0.5, 0.6) is 0 Å². The molecule has 0 bridgehead atoms. The molecule has 1 aliphatic rings. The van der Waals surface area contributed by atoms with Crippen LogP contribution in [0.3, 0.4) is 0 Å². The van der Waals surface area contributed by atoms with Crippen LogP contribution in [0.4, 0.5) is 5.69 Å². The van der Waals surface area contributed by atoms with Gasteiger partial charge in [-0.1, -0.05) is 37.6 Å². The first-order valence-corrected chi connectivity index (χ1v) is 9.99. The summed E-state index contributed by atoms with van der Waals surface area (Å²) in [5, 5.41) is 2.81. The fraction of sp³-hybridized carbons (Fsp3) is 0.263. The van der Waals surface area contributed by atoms with Crippen molar-refractivity contribution in [2.24, 2.45) is 4.99 Å². The number of aryl methyl sites for hydroxylation is 1. The number of nitrogens with zero attached hydrogens (tertiary/aromatic N) is 1. The van der Waals surface area contributed by atoms with E-state index in [9.17, 15) is 13.2 Å². The first kappa shape index (κ1) is 18.1. The van der Waals surface area contributed by atoms with Crippen LogP contribution < -0.4 is 10.0 Å². The average molecular weight is 371 g/mol. The molecule has 6 nitrogen and oxygen atoms in total. The Morgan fingerprint density at radius 2 is 1.85 bits per heavy atom. The highest BCUT2D eigenvalue weighted by molar-refractivity contribution is 7.90. The highest BCUT2D eigenvalue weighted by Gasteiger charge is 2.31. The minimum atomic E-state index is -3.61. The smallest absolute Gasteiger partial charge is 0.263 e. The van der Waals surface area contributed by atoms with Gasteiger partial charge in [0.05, 0.1) is 4.90 Å². The maximum absolute atomic E-state index is 12.4. The molecule has 0 fully saturated rings. The van der Waals surface area contributed by atoms with Crippen LogP contribution in [0.2, 0.25) is 0 Å². The molecule has 0 radical (unpaired) electrons. The molecule has 0 aromatic heterocycles. The van der Waals surface area contributed by atoms with E-state index < -0.39 is 16.1 Å². The molecular formula is C19H21N3O3S. The molecule has 1 aliphatic heterocycles. The van der Waals surface area contributed by atoms with Gasteiger partial charge in [0, 0.05) is 11.3 Å². The van der Waals surface area contributed by atoms with E-state index in [0.29, 0.717) is 11.3 Å². The lowest BCUT2D eigenvalue weighted by Gasteiger charge is -2.10. The molecule has 0 saturated heterocycles. The van der Waals surface area contributed by atoms with Gasteiger partial charge in [-0.15, -0.1) is 0 Å². The minimum absolute atomic E-state index is 0.179. The normalized spacial score (nSPS) is 17.4. The third-order valence-electron chi connectivity index (χ3n) is 4.13. The number of nitrogens with one attached hydrogen (secondary N) is 2. The topological polar surface area (TPSA) is 87.6 Å².